The van der Waals surface area contributed by atoms with E-state index in [0.29, 0.717) is 23.5 Å². The van der Waals surface area contributed by atoms with Crippen molar-refractivity contribution in [2.45, 2.75) is 57.5 Å². The van der Waals surface area contributed by atoms with Gasteiger partial charge in [0.15, 0.2) is 23.5 Å². The molecule has 0 bridgehead atoms. The fourth-order valence-electron chi connectivity index (χ4n) is 3.52. The Morgan fingerprint density at radius 3 is 2.84 bits per heavy atom. The van der Waals surface area contributed by atoms with Crippen LogP contribution in [-0.2, 0) is 14.2 Å². The first-order valence-electron chi connectivity index (χ1n) is 8.65. The number of ether oxygens (including phenoxy) is 3. The molecule has 2 saturated heterocycles. The van der Waals surface area contributed by atoms with Gasteiger partial charge in [0.05, 0.1) is 6.33 Å². The summed E-state index contributed by atoms with van der Waals surface area (Å²) in [6.45, 7) is 7.61. The van der Waals surface area contributed by atoms with Crippen LogP contribution in [0, 0.1) is 0 Å². The monoisotopic (exact) mass is 348 g/mol. The molecule has 4 rings (SSSR count). The van der Waals surface area contributed by atoms with Gasteiger partial charge in [0.25, 0.3) is 0 Å². The molecule has 9 nitrogen and oxygen atoms in total. The molecule has 2 aromatic heterocycles. The largest absolute Gasteiger partial charge is 0.382 e. The Kier molecular flexibility index (Phi) is 4.11. The van der Waals surface area contributed by atoms with Gasteiger partial charge in [-0.15, -0.1) is 0 Å². The van der Waals surface area contributed by atoms with Gasteiger partial charge in [-0.25, -0.2) is 15.0 Å². The molecular formula is C16H24N6O3. The summed E-state index contributed by atoms with van der Waals surface area (Å²) < 4.78 is 20.4. The van der Waals surface area contributed by atoms with E-state index >= 15 is 0 Å². The van der Waals surface area contributed by atoms with Gasteiger partial charge in [0.1, 0.15) is 30.2 Å². The zero-order valence-electron chi connectivity index (χ0n) is 14.7. The lowest BCUT2D eigenvalue weighted by Crippen LogP contribution is -2.37. The molecule has 3 N–H and O–H groups in total. The van der Waals surface area contributed by atoms with Crippen LogP contribution in [0.1, 0.15) is 33.4 Å². The summed E-state index contributed by atoms with van der Waals surface area (Å²) in [7, 11) is 0. The van der Waals surface area contributed by atoms with Crippen LogP contribution in [0.2, 0.25) is 0 Å². The molecule has 0 aliphatic carbocycles. The minimum Gasteiger partial charge on any atom is -0.382 e. The minimum atomic E-state index is -0.648. The lowest BCUT2D eigenvalue weighted by molar-refractivity contribution is -0.195. The van der Waals surface area contributed by atoms with Gasteiger partial charge in [-0.2, -0.15) is 0 Å². The number of hydrogen-bond acceptors (Lipinski definition) is 8. The molecular weight excluding hydrogens is 324 g/mol. The maximum atomic E-state index is 6.27. The van der Waals surface area contributed by atoms with E-state index in [4.69, 9.17) is 19.9 Å². The third-order valence-corrected chi connectivity index (χ3v) is 4.56. The first kappa shape index (κ1) is 16.6. The van der Waals surface area contributed by atoms with E-state index in [2.05, 4.69) is 27.2 Å². The van der Waals surface area contributed by atoms with Crippen molar-refractivity contribution < 1.29 is 14.2 Å². The molecule has 4 atom stereocenters. The van der Waals surface area contributed by atoms with Gasteiger partial charge in [-0.3, -0.25) is 4.57 Å². The second-order valence-electron chi connectivity index (χ2n) is 6.92. The molecule has 25 heavy (non-hydrogen) atoms. The average molecular weight is 348 g/mol. The molecule has 2 aromatic rings. The van der Waals surface area contributed by atoms with Gasteiger partial charge in [-0.1, -0.05) is 6.92 Å². The lowest BCUT2D eigenvalue weighted by Gasteiger charge is -2.25. The van der Waals surface area contributed by atoms with Crippen molar-refractivity contribution >= 4 is 17.0 Å². The number of imidazole rings is 1. The first-order valence-corrected chi connectivity index (χ1v) is 8.65. The number of nitrogen functional groups attached to an aromatic ring is 1. The minimum absolute atomic E-state index is 0.111. The predicted octanol–water partition coefficient (Wildman–Crippen LogP) is 0.826. The zero-order valence-corrected chi connectivity index (χ0v) is 14.7. The summed E-state index contributed by atoms with van der Waals surface area (Å²) in [6.07, 6.45) is 3.29. The number of nitrogens with two attached hydrogens (primary N) is 1. The molecule has 2 fully saturated rings. The van der Waals surface area contributed by atoms with Crippen molar-refractivity contribution in [1.29, 1.82) is 0 Å². The third-order valence-electron chi connectivity index (χ3n) is 4.56. The van der Waals surface area contributed by atoms with Crippen molar-refractivity contribution in [3.63, 3.8) is 0 Å². The standard InChI is InChI=1S/C16H24N6O3/c1-4-5-18-6-9-11-12(25-16(2,3)24-11)15(23-9)22-8-21-10-13(17)19-7-20-14(10)22/h7-9,11-12,15,18H,4-6H2,1-3H3,(H2,17,19,20)/t9-,11-,12?,15?/m1/s1. The van der Waals surface area contributed by atoms with E-state index < -0.39 is 5.79 Å². The highest BCUT2D eigenvalue weighted by molar-refractivity contribution is 5.81. The highest BCUT2D eigenvalue weighted by Crippen LogP contribution is 2.43. The van der Waals surface area contributed by atoms with Gasteiger partial charge < -0.3 is 25.3 Å². The molecule has 0 radical (unpaired) electrons. The summed E-state index contributed by atoms with van der Waals surface area (Å²) in [5.41, 5.74) is 7.09. The van der Waals surface area contributed by atoms with Crippen LogP contribution < -0.4 is 11.1 Å². The van der Waals surface area contributed by atoms with Crippen LogP contribution in [0.3, 0.4) is 0 Å². The number of nitrogens with zero attached hydrogens (tertiary/aromatic N) is 4. The highest BCUT2D eigenvalue weighted by Gasteiger charge is 2.55. The summed E-state index contributed by atoms with van der Waals surface area (Å²) in [4.78, 5) is 12.6. The van der Waals surface area contributed by atoms with E-state index in [1.165, 1.54) is 6.33 Å². The van der Waals surface area contributed by atoms with Gasteiger partial charge in [0, 0.05) is 6.54 Å². The van der Waals surface area contributed by atoms with Crippen molar-refractivity contribution in [2.24, 2.45) is 0 Å². The van der Waals surface area contributed by atoms with E-state index in [1.54, 1.807) is 6.33 Å². The normalized spacial score (nSPS) is 30.8. The number of anilines is 1. The first-order chi connectivity index (χ1) is 12.0. The summed E-state index contributed by atoms with van der Waals surface area (Å²) in [5, 5.41) is 3.40. The molecule has 2 aliphatic heterocycles. The molecule has 136 valence electrons. The fraction of sp³-hybridized carbons (Fsp3) is 0.688. The Labute approximate surface area is 145 Å². The summed E-state index contributed by atoms with van der Waals surface area (Å²) in [6, 6.07) is 0. The second-order valence-corrected chi connectivity index (χ2v) is 6.92. The third kappa shape index (κ3) is 2.86. The molecule has 0 amide bonds. The fourth-order valence-corrected chi connectivity index (χ4v) is 3.52. The maximum absolute atomic E-state index is 6.27. The van der Waals surface area contributed by atoms with Gasteiger partial charge in [0.2, 0.25) is 0 Å². The molecule has 0 spiro atoms. The number of nitrogens with one attached hydrogen (secondary N) is 1. The van der Waals surface area contributed by atoms with Crippen molar-refractivity contribution in [3.8, 4) is 0 Å². The Morgan fingerprint density at radius 2 is 2.04 bits per heavy atom. The molecule has 2 aliphatic rings. The number of rotatable bonds is 5. The number of fused-ring (bicyclic) bond motifs is 2. The summed E-state index contributed by atoms with van der Waals surface area (Å²) in [5.74, 6) is -0.298. The van der Waals surface area contributed by atoms with Gasteiger partial charge in [-0.05, 0) is 26.8 Å². The Morgan fingerprint density at radius 1 is 1.24 bits per heavy atom. The van der Waals surface area contributed by atoms with Gasteiger partial charge >= 0.3 is 0 Å². The lowest BCUT2D eigenvalue weighted by atomic mass is 10.1. The molecule has 2 unspecified atom stereocenters. The summed E-state index contributed by atoms with van der Waals surface area (Å²) >= 11 is 0. The molecule has 4 heterocycles. The maximum Gasteiger partial charge on any atom is 0.167 e. The van der Waals surface area contributed by atoms with Crippen LogP contribution >= 0.6 is 0 Å². The van der Waals surface area contributed by atoms with E-state index in [1.807, 2.05) is 18.4 Å². The van der Waals surface area contributed by atoms with Crippen molar-refractivity contribution in [1.82, 2.24) is 24.8 Å². The van der Waals surface area contributed by atoms with E-state index in [9.17, 15) is 0 Å². The van der Waals surface area contributed by atoms with Crippen molar-refractivity contribution in [2.75, 3.05) is 18.8 Å². The van der Waals surface area contributed by atoms with Crippen LogP contribution in [-0.4, -0.2) is 56.7 Å². The molecule has 0 aromatic carbocycles. The highest BCUT2D eigenvalue weighted by atomic mass is 16.8. The second kappa shape index (κ2) is 6.17. The van der Waals surface area contributed by atoms with E-state index in [-0.39, 0.29) is 24.5 Å². The smallest absolute Gasteiger partial charge is 0.167 e. The van der Waals surface area contributed by atoms with Crippen LogP contribution in [0.5, 0.6) is 0 Å². The SMILES string of the molecule is CCCNC[C@H]1OC(n2cnc3c(N)ncnc32)C2OC(C)(C)O[C@@H]21. The topological polar surface area (TPSA) is 109 Å². The predicted molar refractivity (Wildman–Crippen MR) is 90.6 cm³/mol. The Bertz CT molecular complexity index is 763. The van der Waals surface area contributed by atoms with Crippen LogP contribution in [0.25, 0.3) is 11.2 Å². The van der Waals surface area contributed by atoms with Crippen molar-refractivity contribution in [3.05, 3.63) is 12.7 Å². The quantitative estimate of drug-likeness (QED) is 0.765. The number of aromatic nitrogens is 4. The molecule has 0 saturated carbocycles. The number of hydrogen-bond donors (Lipinski definition) is 2. The average Bonchev–Trinajstić information content (AvgIpc) is 3.20. The molecule has 9 heteroatoms. The van der Waals surface area contributed by atoms with Crippen LogP contribution in [0.15, 0.2) is 12.7 Å². The van der Waals surface area contributed by atoms with E-state index in [0.717, 1.165) is 13.0 Å². The Balaban J connectivity index is 1.65. The Hall–Kier alpha value is -1.81. The zero-order chi connectivity index (χ0) is 17.6. The van der Waals surface area contributed by atoms with Crippen LogP contribution in [0.4, 0.5) is 5.82 Å².